The van der Waals surface area contributed by atoms with E-state index >= 15 is 0 Å². The van der Waals surface area contributed by atoms with Gasteiger partial charge in [-0.25, -0.2) is 4.79 Å². The van der Waals surface area contributed by atoms with Crippen molar-refractivity contribution in [3.63, 3.8) is 0 Å². The van der Waals surface area contributed by atoms with Crippen molar-refractivity contribution in [1.82, 2.24) is 15.1 Å². The number of carbonyl (C=O) groups excluding carboxylic acids is 1. The minimum atomic E-state index is 0.0352. The van der Waals surface area contributed by atoms with Crippen LogP contribution in [0.2, 0.25) is 0 Å². The Labute approximate surface area is 167 Å². The number of piperazine rings is 1. The van der Waals surface area contributed by atoms with Gasteiger partial charge in [-0.1, -0.05) is 54.6 Å². The van der Waals surface area contributed by atoms with Crippen LogP contribution in [0.25, 0.3) is 6.08 Å². The van der Waals surface area contributed by atoms with Gasteiger partial charge in [-0.05, 0) is 29.7 Å². The summed E-state index contributed by atoms with van der Waals surface area (Å²) in [6.07, 6.45) is 5.16. The van der Waals surface area contributed by atoms with Gasteiger partial charge in [-0.15, -0.1) is 0 Å². The number of hydrogen-bond acceptors (Lipinski definition) is 3. The quantitative estimate of drug-likeness (QED) is 0.803. The van der Waals surface area contributed by atoms with Crippen molar-refractivity contribution < 1.29 is 9.53 Å². The highest BCUT2D eigenvalue weighted by atomic mass is 16.5. The fraction of sp³-hybridized carbons (Fsp3) is 0.348. The van der Waals surface area contributed by atoms with E-state index in [-0.39, 0.29) is 6.03 Å². The fourth-order valence-electron chi connectivity index (χ4n) is 3.25. The molecule has 0 saturated carbocycles. The van der Waals surface area contributed by atoms with E-state index in [1.165, 1.54) is 11.1 Å². The highest BCUT2D eigenvalue weighted by Gasteiger charge is 2.19. The number of methoxy groups -OCH3 is 1. The molecule has 2 aromatic rings. The molecule has 5 heteroatoms. The van der Waals surface area contributed by atoms with E-state index in [0.29, 0.717) is 6.54 Å². The summed E-state index contributed by atoms with van der Waals surface area (Å²) < 4.78 is 5.16. The molecule has 3 rings (SSSR count). The molecule has 0 aliphatic carbocycles. The molecule has 2 amide bonds. The first-order valence-electron chi connectivity index (χ1n) is 9.84. The molecule has 0 radical (unpaired) electrons. The number of ether oxygens (including phenoxy) is 1. The number of nitrogens with one attached hydrogen (secondary N) is 1. The average molecular weight is 380 g/mol. The van der Waals surface area contributed by atoms with E-state index in [9.17, 15) is 4.79 Å². The highest BCUT2D eigenvalue weighted by molar-refractivity contribution is 5.74. The lowest BCUT2D eigenvalue weighted by atomic mass is 10.1. The Kier molecular flexibility index (Phi) is 7.50. The maximum atomic E-state index is 12.4. The van der Waals surface area contributed by atoms with Crippen LogP contribution in [0.4, 0.5) is 4.79 Å². The fourth-order valence-corrected chi connectivity index (χ4v) is 3.25. The lowest BCUT2D eigenvalue weighted by Gasteiger charge is -2.34. The molecule has 0 unspecified atom stereocenters. The van der Waals surface area contributed by atoms with Crippen LogP contribution in [0.5, 0.6) is 5.75 Å². The van der Waals surface area contributed by atoms with Crippen LogP contribution < -0.4 is 10.1 Å². The largest absolute Gasteiger partial charge is 0.497 e. The molecule has 28 heavy (non-hydrogen) atoms. The summed E-state index contributed by atoms with van der Waals surface area (Å²) in [6.45, 7) is 4.92. The number of rotatable bonds is 7. The number of urea groups is 1. The van der Waals surface area contributed by atoms with Crippen molar-refractivity contribution in [3.05, 3.63) is 71.8 Å². The Hall–Kier alpha value is -2.79. The Morgan fingerprint density at radius 1 is 1.04 bits per heavy atom. The van der Waals surface area contributed by atoms with Gasteiger partial charge in [0.05, 0.1) is 7.11 Å². The minimum absolute atomic E-state index is 0.0352. The molecule has 0 spiro atoms. The van der Waals surface area contributed by atoms with Gasteiger partial charge in [0.15, 0.2) is 0 Å². The molecule has 0 bridgehead atoms. The third-order valence-corrected chi connectivity index (χ3v) is 4.98. The summed E-state index contributed by atoms with van der Waals surface area (Å²) in [4.78, 5) is 16.6. The number of hydrogen-bond donors (Lipinski definition) is 1. The van der Waals surface area contributed by atoms with Crippen LogP contribution in [-0.4, -0.2) is 62.2 Å². The smallest absolute Gasteiger partial charge is 0.317 e. The van der Waals surface area contributed by atoms with Crippen molar-refractivity contribution in [2.75, 3.05) is 46.4 Å². The van der Waals surface area contributed by atoms with Crippen LogP contribution in [0.15, 0.2) is 60.7 Å². The molecule has 1 N–H and O–H groups in total. The van der Waals surface area contributed by atoms with Gasteiger partial charge in [0, 0.05) is 39.3 Å². The second kappa shape index (κ2) is 10.5. The predicted octanol–water partition coefficient (Wildman–Crippen LogP) is 3.28. The summed E-state index contributed by atoms with van der Waals surface area (Å²) in [7, 11) is 1.66. The topological polar surface area (TPSA) is 44.8 Å². The van der Waals surface area contributed by atoms with E-state index in [4.69, 9.17) is 4.74 Å². The van der Waals surface area contributed by atoms with Gasteiger partial charge in [-0.2, -0.15) is 0 Å². The predicted molar refractivity (Wildman–Crippen MR) is 114 cm³/mol. The molecule has 0 aromatic heterocycles. The van der Waals surface area contributed by atoms with E-state index in [1.807, 2.05) is 47.4 Å². The Morgan fingerprint density at radius 2 is 1.75 bits per heavy atom. The summed E-state index contributed by atoms with van der Waals surface area (Å²) in [6, 6.07) is 18.3. The van der Waals surface area contributed by atoms with Gasteiger partial charge in [0.1, 0.15) is 5.75 Å². The minimum Gasteiger partial charge on any atom is -0.497 e. The van der Waals surface area contributed by atoms with Crippen LogP contribution in [0.3, 0.4) is 0 Å². The summed E-state index contributed by atoms with van der Waals surface area (Å²) in [5.74, 6) is 0.851. The lowest BCUT2D eigenvalue weighted by Crippen LogP contribution is -2.51. The van der Waals surface area contributed by atoms with Crippen molar-refractivity contribution in [2.45, 2.75) is 6.42 Å². The number of carbonyl (C=O) groups is 1. The SMILES string of the molecule is COc1ccc(CCNC(=O)N2CCN(C/C=C/c3ccccc3)CC2)cc1. The van der Waals surface area contributed by atoms with Crippen LogP contribution >= 0.6 is 0 Å². The van der Waals surface area contributed by atoms with Crippen LogP contribution in [0, 0.1) is 0 Å². The molecule has 5 nitrogen and oxygen atoms in total. The number of benzene rings is 2. The molecule has 1 saturated heterocycles. The molecule has 1 aliphatic rings. The third kappa shape index (κ3) is 6.13. The van der Waals surface area contributed by atoms with Crippen LogP contribution in [-0.2, 0) is 6.42 Å². The number of nitrogens with zero attached hydrogens (tertiary/aromatic N) is 2. The normalized spacial score (nSPS) is 15.0. The van der Waals surface area contributed by atoms with Crippen LogP contribution in [0.1, 0.15) is 11.1 Å². The summed E-state index contributed by atoms with van der Waals surface area (Å²) in [5.41, 5.74) is 2.41. The standard InChI is InChI=1S/C23H29N3O2/c1-28-22-11-9-21(10-12-22)13-14-24-23(27)26-18-16-25(17-19-26)15-5-8-20-6-3-2-4-7-20/h2-12H,13-19H2,1H3,(H,24,27)/b8-5+. The van der Waals surface area contributed by atoms with Crippen molar-refractivity contribution in [3.8, 4) is 5.75 Å². The first-order valence-corrected chi connectivity index (χ1v) is 9.84. The number of amides is 2. The second-order valence-electron chi connectivity index (χ2n) is 6.93. The van der Waals surface area contributed by atoms with E-state index in [0.717, 1.165) is 44.9 Å². The molecular formula is C23H29N3O2. The highest BCUT2D eigenvalue weighted by Crippen LogP contribution is 2.11. The lowest BCUT2D eigenvalue weighted by molar-refractivity contribution is 0.147. The molecule has 2 aromatic carbocycles. The molecule has 148 valence electrons. The zero-order chi connectivity index (χ0) is 19.6. The monoisotopic (exact) mass is 379 g/mol. The van der Waals surface area contributed by atoms with Gasteiger partial charge >= 0.3 is 6.03 Å². The molecular weight excluding hydrogens is 350 g/mol. The molecule has 1 aliphatic heterocycles. The Morgan fingerprint density at radius 3 is 2.43 bits per heavy atom. The van der Waals surface area contributed by atoms with Crippen molar-refractivity contribution >= 4 is 12.1 Å². The molecule has 1 heterocycles. The summed E-state index contributed by atoms with van der Waals surface area (Å²) in [5, 5.41) is 3.03. The van der Waals surface area contributed by atoms with Crippen molar-refractivity contribution in [1.29, 1.82) is 0 Å². The van der Waals surface area contributed by atoms with Gasteiger partial charge in [0.25, 0.3) is 0 Å². The van der Waals surface area contributed by atoms with Gasteiger partial charge in [-0.3, -0.25) is 4.90 Å². The second-order valence-corrected chi connectivity index (χ2v) is 6.93. The molecule has 0 atom stereocenters. The maximum Gasteiger partial charge on any atom is 0.317 e. The zero-order valence-corrected chi connectivity index (χ0v) is 16.5. The van der Waals surface area contributed by atoms with E-state index in [2.05, 4.69) is 34.5 Å². The van der Waals surface area contributed by atoms with Crippen molar-refractivity contribution in [2.24, 2.45) is 0 Å². The molecule has 1 fully saturated rings. The Balaban J connectivity index is 1.33. The first kappa shape index (κ1) is 20.0. The zero-order valence-electron chi connectivity index (χ0n) is 16.5. The van der Waals surface area contributed by atoms with E-state index < -0.39 is 0 Å². The summed E-state index contributed by atoms with van der Waals surface area (Å²) >= 11 is 0. The average Bonchev–Trinajstić information content (AvgIpc) is 2.75. The third-order valence-electron chi connectivity index (χ3n) is 4.98. The van der Waals surface area contributed by atoms with Gasteiger partial charge < -0.3 is 15.0 Å². The maximum absolute atomic E-state index is 12.4. The van der Waals surface area contributed by atoms with Gasteiger partial charge in [0.2, 0.25) is 0 Å². The first-order chi connectivity index (χ1) is 13.7. The van der Waals surface area contributed by atoms with E-state index in [1.54, 1.807) is 7.11 Å². The Bertz CT molecular complexity index is 751.